The summed E-state index contributed by atoms with van der Waals surface area (Å²) in [5.41, 5.74) is -0.169. The molecule has 2 N–H and O–H groups in total. The highest BCUT2D eigenvalue weighted by molar-refractivity contribution is 7.89. The van der Waals surface area contributed by atoms with Gasteiger partial charge in [0.05, 0.1) is 4.90 Å². The molecule has 8 heteroatoms. The second kappa shape index (κ2) is 5.38. The topological polar surface area (TPSA) is 99.1 Å². The summed E-state index contributed by atoms with van der Waals surface area (Å²) in [5, 5.41) is 13.0. The third-order valence-corrected chi connectivity index (χ3v) is 5.76. The van der Waals surface area contributed by atoms with Crippen LogP contribution in [0, 0.1) is 5.92 Å². The van der Waals surface area contributed by atoms with E-state index in [4.69, 9.17) is 0 Å². The van der Waals surface area contributed by atoms with Gasteiger partial charge in [0, 0.05) is 18.8 Å². The molecule has 0 saturated heterocycles. The number of fused-ring (bicyclic) bond motifs is 1. The van der Waals surface area contributed by atoms with Gasteiger partial charge in [-0.1, -0.05) is 19.1 Å². The monoisotopic (exact) mass is 335 g/mol. The molecule has 2 atom stereocenters. The summed E-state index contributed by atoms with van der Waals surface area (Å²) < 4.78 is 25.9. The van der Waals surface area contributed by atoms with Crippen LogP contribution < -0.4 is 5.32 Å². The maximum Gasteiger partial charge on any atom is 0.274 e. The number of likely N-dealkylation sites (N-methyl/N-ethyl adjacent to an activating group) is 1. The second-order valence-electron chi connectivity index (χ2n) is 5.67. The molecule has 122 valence electrons. The molecule has 0 saturated carbocycles. The molecule has 0 aromatic heterocycles. The lowest BCUT2D eigenvalue weighted by Crippen LogP contribution is -2.42. The van der Waals surface area contributed by atoms with Gasteiger partial charge in [-0.25, -0.2) is 8.42 Å². The van der Waals surface area contributed by atoms with Gasteiger partial charge in [0.25, 0.3) is 15.9 Å². The van der Waals surface area contributed by atoms with Crippen LogP contribution in [0.5, 0.6) is 0 Å². The first-order chi connectivity index (χ1) is 10.8. The second-order valence-corrected chi connectivity index (χ2v) is 7.60. The van der Waals surface area contributed by atoms with E-state index in [2.05, 4.69) is 10.3 Å². The van der Waals surface area contributed by atoms with Crippen molar-refractivity contribution in [3.05, 3.63) is 35.5 Å². The summed E-state index contributed by atoms with van der Waals surface area (Å²) in [7, 11) is -2.63. The van der Waals surface area contributed by atoms with Crippen LogP contribution in [0.15, 0.2) is 39.9 Å². The fraction of sp³-hybridized carbons (Fsp3) is 0.333. The quantitative estimate of drug-likeness (QED) is 0.845. The Bertz CT molecular complexity index is 829. The molecule has 2 unspecified atom stereocenters. The van der Waals surface area contributed by atoms with E-state index >= 15 is 0 Å². The largest absolute Gasteiger partial charge is 0.505 e. The number of sulfonamides is 1. The molecule has 1 aromatic rings. The fourth-order valence-electron chi connectivity index (χ4n) is 2.72. The van der Waals surface area contributed by atoms with Crippen LogP contribution in [0.4, 0.5) is 0 Å². The number of carbonyl (C=O) groups excluding carboxylic acids is 1. The van der Waals surface area contributed by atoms with Crippen molar-refractivity contribution in [2.45, 2.75) is 24.4 Å². The Hall–Kier alpha value is -2.35. The molecule has 0 spiro atoms. The molecule has 1 aromatic carbocycles. The molecule has 0 bridgehead atoms. The third-order valence-electron chi connectivity index (χ3n) is 3.95. The maximum atomic E-state index is 12.5. The number of aliphatic imine (C=N–C) groups is 1. The minimum absolute atomic E-state index is 0.0240. The molecule has 0 aliphatic carbocycles. The molecule has 23 heavy (non-hydrogen) atoms. The number of rotatable bonds is 2. The SMILES string of the molecule is CC1C=NC(NC(=O)C2=C(O)c3ccccc3S(=O)(=O)N2C)C1. The van der Waals surface area contributed by atoms with E-state index in [-0.39, 0.29) is 27.8 Å². The van der Waals surface area contributed by atoms with E-state index in [9.17, 15) is 18.3 Å². The summed E-state index contributed by atoms with van der Waals surface area (Å²) in [6.45, 7) is 1.97. The van der Waals surface area contributed by atoms with E-state index in [0.29, 0.717) is 6.42 Å². The highest BCUT2D eigenvalue weighted by Crippen LogP contribution is 2.34. The van der Waals surface area contributed by atoms with E-state index in [1.807, 2.05) is 6.92 Å². The predicted molar refractivity (Wildman–Crippen MR) is 85.1 cm³/mol. The van der Waals surface area contributed by atoms with Gasteiger partial charge >= 0.3 is 0 Å². The first kappa shape index (κ1) is 15.5. The molecule has 2 aliphatic rings. The number of nitrogens with one attached hydrogen (secondary N) is 1. The van der Waals surface area contributed by atoms with Crippen LogP contribution in [-0.4, -0.2) is 43.2 Å². The van der Waals surface area contributed by atoms with Crippen molar-refractivity contribution in [1.82, 2.24) is 9.62 Å². The Morgan fingerprint density at radius 3 is 2.74 bits per heavy atom. The van der Waals surface area contributed by atoms with Crippen LogP contribution in [0.3, 0.4) is 0 Å². The van der Waals surface area contributed by atoms with Crippen molar-refractivity contribution >= 4 is 27.9 Å². The molecule has 2 heterocycles. The molecule has 1 amide bonds. The minimum Gasteiger partial charge on any atom is -0.505 e. The van der Waals surface area contributed by atoms with Crippen molar-refractivity contribution < 1.29 is 18.3 Å². The average molecular weight is 335 g/mol. The first-order valence-electron chi connectivity index (χ1n) is 7.18. The number of nitrogens with zero attached hydrogens (tertiary/aromatic N) is 2. The van der Waals surface area contributed by atoms with Gasteiger partial charge in [-0.15, -0.1) is 0 Å². The summed E-state index contributed by atoms with van der Waals surface area (Å²) in [5.74, 6) is -0.777. The molecular weight excluding hydrogens is 318 g/mol. The summed E-state index contributed by atoms with van der Waals surface area (Å²) >= 11 is 0. The number of hydrogen-bond donors (Lipinski definition) is 2. The van der Waals surface area contributed by atoms with Crippen molar-refractivity contribution in [3.8, 4) is 0 Å². The highest BCUT2D eigenvalue weighted by atomic mass is 32.2. The van der Waals surface area contributed by atoms with E-state index in [1.54, 1.807) is 18.3 Å². The Balaban J connectivity index is 2.01. The molecule has 7 nitrogen and oxygen atoms in total. The van der Waals surface area contributed by atoms with Crippen molar-refractivity contribution in [1.29, 1.82) is 0 Å². The van der Waals surface area contributed by atoms with Gasteiger partial charge in [-0.3, -0.25) is 14.1 Å². The van der Waals surface area contributed by atoms with Gasteiger partial charge in [0.15, 0.2) is 11.5 Å². The summed E-state index contributed by atoms with van der Waals surface area (Å²) in [6, 6.07) is 6.04. The van der Waals surface area contributed by atoms with Crippen molar-refractivity contribution in [2.24, 2.45) is 10.9 Å². The standard InChI is InChI=1S/C15H17N3O4S/c1-9-7-12(16-8-9)17-15(20)13-14(19)10-5-3-4-6-11(10)23(21,22)18(13)2/h3-6,8-9,12,19H,7H2,1-2H3,(H,17,20). The molecular formula is C15H17N3O4S. The number of carbonyl (C=O) groups is 1. The lowest BCUT2D eigenvalue weighted by molar-refractivity contribution is -0.119. The lowest BCUT2D eigenvalue weighted by atomic mass is 10.1. The number of benzene rings is 1. The zero-order valence-corrected chi connectivity index (χ0v) is 13.5. The van der Waals surface area contributed by atoms with Crippen LogP contribution in [0.1, 0.15) is 18.9 Å². The molecule has 3 rings (SSSR count). The van der Waals surface area contributed by atoms with Gasteiger partial charge in [0.2, 0.25) is 0 Å². The lowest BCUT2D eigenvalue weighted by Gasteiger charge is -2.28. The van der Waals surface area contributed by atoms with Gasteiger partial charge in [0.1, 0.15) is 6.17 Å². The molecule has 0 radical (unpaired) electrons. The average Bonchev–Trinajstić information content (AvgIpc) is 2.91. The van der Waals surface area contributed by atoms with Crippen molar-refractivity contribution in [2.75, 3.05) is 7.05 Å². The Kier molecular flexibility index (Phi) is 3.63. The minimum atomic E-state index is -3.88. The normalized spacial score (nSPS) is 25.4. The van der Waals surface area contributed by atoms with E-state index in [0.717, 1.165) is 4.31 Å². The van der Waals surface area contributed by atoms with Crippen LogP contribution in [0.2, 0.25) is 0 Å². The molecule has 2 aliphatic heterocycles. The first-order valence-corrected chi connectivity index (χ1v) is 8.62. The maximum absolute atomic E-state index is 12.5. The van der Waals surface area contributed by atoms with Crippen LogP contribution >= 0.6 is 0 Å². The number of aliphatic hydroxyl groups excluding tert-OH is 1. The summed E-state index contributed by atoms with van der Waals surface area (Å²) in [6.07, 6.45) is 1.98. The third kappa shape index (κ3) is 2.48. The zero-order valence-electron chi connectivity index (χ0n) is 12.7. The highest BCUT2D eigenvalue weighted by Gasteiger charge is 2.38. The van der Waals surface area contributed by atoms with E-state index < -0.39 is 22.1 Å². The Labute approximate surface area is 134 Å². The predicted octanol–water partition coefficient (Wildman–Crippen LogP) is 1.10. The molecule has 0 fully saturated rings. The zero-order chi connectivity index (χ0) is 16.8. The van der Waals surface area contributed by atoms with Gasteiger partial charge < -0.3 is 10.4 Å². The number of aliphatic hydroxyl groups is 1. The van der Waals surface area contributed by atoms with Gasteiger partial charge in [-0.2, -0.15) is 0 Å². The Morgan fingerprint density at radius 2 is 2.09 bits per heavy atom. The Morgan fingerprint density at radius 1 is 1.39 bits per heavy atom. The number of hydrogen-bond acceptors (Lipinski definition) is 5. The summed E-state index contributed by atoms with van der Waals surface area (Å²) in [4.78, 5) is 16.6. The van der Waals surface area contributed by atoms with Crippen molar-refractivity contribution in [3.63, 3.8) is 0 Å². The van der Waals surface area contributed by atoms with E-state index in [1.165, 1.54) is 19.2 Å². The van der Waals surface area contributed by atoms with Crippen LogP contribution in [-0.2, 0) is 14.8 Å². The van der Waals surface area contributed by atoms with Crippen LogP contribution in [0.25, 0.3) is 5.76 Å². The number of amides is 1. The van der Waals surface area contributed by atoms with Gasteiger partial charge in [-0.05, 0) is 24.5 Å². The fourth-order valence-corrected chi connectivity index (χ4v) is 4.12. The smallest absolute Gasteiger partial charge is 0.274 e.